The van der Waals surface area contributed by atoms with Gasteiger partial charge in [0.15, 0.2) is 0 Å². The first-order valence-corrected chi connectivity index (χ1v) is 42.1. The van der Waals surface area contributed by atoms with Crippen molar-refractivity contribution in [2.75, 3.05) is 0 Å². The first kappa shape index (κ1) is 71.6. The Kier molecular flexibility index (Phi) is 19.0. The van der Waals surface area contributed by atoms with Crippen LogP contribution in [0.5, 0.6) is 0 Å². The fourth-order valence-electron chi connectivity index (χ4n) is 23.2. The van der Waals surface area contributed by atoms with Crippen molar-refractivity contribution < 1.29 is 13.5 Å². The molecule has 0 N–H and O–H groups in total. The quantitative estimate of drug-likeness (QED) is 0.0916. The molecule has 560 valence electrons. The molecule has 17 atom stereocenters. The number of alkyl halides is 1. The molecule has 5 aromatic carbocycles. The maximum Gasteiger partial charge on any atom is 0.122 e. The fourth-order valence-corrected chi connectivity index (χ4v) is 23.2. The number of nitrogens with zero attached hydrogens (tertiary/aromatic N) is 2. The zero-order valence-corrected chi connectivity index (χ0v) is 65.2. The fraction of sp³-hybridized carbons (Fsp3) is 0.340. The lowest BCUT2D eigenvalue weighted by atomic mass is 9.56. The van der Waals surface area contributed by atoms with E-state index in [1.807, 2.05) is 12.2 Å². The van der Waals surface area contributed by atoms with Gasteiger partial charge in [0.1, 0.15) is 6.17 Å². The van der Waals surface area contributed by atoms with E-state index in [4.69, 9.17) is 4.74 Å². The van der Waals surface area contributed by atoms with Crippen molar-refractivity contribution in [1.29, 1.82) is 0 Å². The van der Waals surface area contributed by atoms with Crippen LogP contribution in [0.4, 0.5) is 8.78 Å². The summed E-state index contributed by atoms with van der Waals surface area (Å²) in [5, 5.41) is 0. The predicted molar refractivity (Wildman–Crippen MR) is 456 cm³/mol. The van der Waals surface area contributed by atoms with Gasteiger partial charge in [-0.2, -0.15) is 0 Å². The van der Waals surface area contributed by atoms with Crippen LogP contribution >= 0.6 is 0 Å². The van der Waals surface area contributed by atoms with Crippen LogP contribution in [0.15, 0.2) is 326 Å². The standard InChI is InChI=1S/C106H106F2N2O/c1-7-71-27-31-73(32-28-71)75-35-41-81(42-36-75)105(99-59-67(3)23-25-69(99)5)97-21-11-9-19-91(97)93-55-39-79(63-101(93)105)77-15-13-17-87(61-77)109(85-49-45-83(107)46-50-85)89-53-57-103-95(65-89)96-66-90(54-58-104(96)111-103)110(86-51-47-84(108)48-52-86)88-18-14-16-78(62-88)80-40-56-94-92-20-10-12-22-98(92)106(102(94)64-80,100-60-68(4)24-26-70(100)6)82-43-37-76(38-44-82)74-33-29-72(8-2)30-34-74/h7-11,13-14,16-17,19-21,23-27,29-35,37-41,43-45,47,51-53,55-57,59,62-66,71,75,77,81,84-85,87-88,91,95-97,100,103-104H,1-2,12,15,18,22,28,36,42,46,48-50,54,58,60-61H2,3-6H3. The monoisotopic (exact) mass is 1460 g/mol. The van der Waals surface area contributed by atoms with Crippen molar-refractivity contribution in [2.24, 2.45) is 41.4 Å². The summed E-state index contributed by atoms with van der Waals surface area (Å²) in [6.45, 7) is 17.4. The van der Waals surface area contributed by atoms with Gasteiger partial charge >= 0.3 is 0 Å². The number of benzene rings is 5. The number of fused-ring (bicyclic) bond motifs is 8. The number of hydrogen-bond donors (Lipinski definition) is 0. The Balaban J connectivity index is 0.647. The van der Waals surface area contributed by atoms with E-state index in [9.17, 15) is 0 Å². The van der Waals surface area contributed by atoms with Crippen LogP contribution in [0.1, 0.15) is 183 Å². The van der Waals surface area contributed by atoms with E-state index in [1.165, 1.54) is 106 Å². The Labute approximate surface area is 658 Å². The molecule has 19 rings (SSSR count). The molecule has 0 radical (unpaired) electrons. The van der Waals surface area contributed by atoms with E-state index in [0.29, 0.717) is 37.0 Å². The highest BCUT2D eigenvalue weighted by molar-refractivity contribution is 5.91. The van der Waals surface area contributed by atoms with Gasteiger partial charge in [-0.25, -0.2) is 8.78 Å². The lowest BCUT2D eigenvalue weighted by Crippen LogP contribution is -2.44. The maximum absolute atomic E-state index is 15.4. The number of aryl methyl sites for hydroxylation is 2. The minimum atomic E-state index is -1.01. The molecule has 1 aliphatic heterocycles. The summed E-state index contributed by atoms with van der Waals surface area (Å²) in [7, 11) is 0. The van der Waals surface area contributed by atoms with E-state index >= 15 is 8.78 Å². The molecule has 1 fully saturated rings. The number of ether oxygens (including phenoxy) is 1. The number of hydrogen-bond acceptors (Lipinski definition) is 3. The van der Waals surface area contributed by atoms with E-state index in [-0.39, 0.29) is 82.5 Å². The summed E-state index contributed by atoms with van der Waals surface area (Å²) in [5.41, 5.74) is 28.9. The van der Waals surface area contributed by atoms with Gasteiger partial charge in [-0.15, -0.1) is 6.58 Å². The van der Waals surface area contributed by atoms with Gasteiger partial charge in [-0.05, 0) is 242 Å². The SMILES string of the molecule is C=Cc1ccc(-c2ccc(C3(C4CC(C)=CC=C4C)C4=C(C=CCC4)c4ccc(C5=CC(N(C6=CCC(F)C=C6)C6=CC7C(CC6)OC6C=CC(N(C8C=CCC(c9ccc%10c(c9)C(c9cc(C)ccc9C)(C9C=CC(C%11=CCC(C=C)C=C%11)CC9)C9C=CC=CC%109)C8)C8CC=C(F)CC8)=CC67)CC=C5)cc43)cc2)cc1. The molecule has 111 heavy (non-hydrogen) atoms. The largest absolute Gasteiger partial charge is 0.370 e. The van der Waals surface area contributed by atoms with E-state index in [0.717, 1.165) is 88.3 Å². The minimum Gasteiger partial charge on any atom is -0.370 e. The molecule has 5 heteroatoms. The Morgan fingerprint density at radius 1 is 0.613 bits per heavy atom. The summed E-state index contributed by atoms with van der Waals surface area (Å²) in [6, 6.07) is 41.0. The highest BCUT2D eigenvalue weighted by Gasteiger charge is 2.57. The van der Waals surface area contributed by atoms with Crippen LogP contribution in [0, 0.1) is 55.3 Å². The maximum atomic E-state index is 15.4. The smallest absolute Gasteiger partial charge is 0.122 e. The third kappa shape index (κ3) is 12.5. The topological polar surface area (TPSA) is 15.7 Å². The average Bonchev–Trinajstić information content (AvgIpc) is 1.55. The summed E-state index contributed by atoms with van der Waals surface area (Å²) < 4.78 is 38.0. The average molecular weight is 1460 g/mol. The molecule has 0 bridgehead atoms. The second kappa shape index (κ2) is 29.4. The molecular formula is C106H106F2N2O. The summed E-state index contributed by atoms with van der Waals surface area (Å²) in [6.07, 6.45) is 77.7. The van der Waals surface area contributed by atoms with Gasteiger partial charge in [0, 0.05) is 88.4 Å². The molecule has 0 aromatic heterocycles. The van der Waals surface area contributed by atoms with Gasteiger partial charge in [0.25, 0.3) is 0 Å². The van der Waals surface area contributed by atoms with Crippen LogP contribution < -0.4 is 0 Å². The Hall–Kier alpha value is -9.68. The summed E-state index contributed by atoms with van der Waals surface area (Å²) in [5.74, 6) is 2.48. The van der Waals surface area contributed by atoms with Gasteiger partial charge in [0.05, 0.1) is 24.1 Å². The number of halogens is 2. The summed E-state index contributed by atoms with van der Waals surface area (Å²) in [4.78, 5) is 5.31. The lowest BCUT2D eigenvalue weighted by Gasteiger charge is -2.46. The highest BCUT2D eigenvalue weighted by Crippen LogP contribution is 2.65. The van der Waals surface area contributed by atoms with E-state index in [2.05, 4.69) is 306 Å². The highest BCUT2D eigenvalue weighted by atomic mass is 19.1. The molecule has 1 heterocycles. The normalized spacial score (nSPS) is 32.5. The molecular weight excluding hydrogens is 1360 g/mol. The zero-order valence-electron chi connectivity index (χ0n) is 65.2. The first-order valence-electron chi connectivity index (χ1n) is 42.1. The van der Waals surface area contributed by atoms with E-state index in [1.54, 1.807) is 11.6 Å². The number of allylic oxidation sites excluding steroid dienone is 28. The Morgan fingerprint density at radius 3 is 2.25 bits per heavy atom. The zero-order chi connectivity index (χ0) is 75.2. The Bertz CT molecular complexity index is 5200. The molecule has 0 spiro atoms. The van der Waals surface area contributed by atoms with Gasteiger partial charge in [-0.1, -0.05) is 272 Å². The van der Waals surface area contributed by atoms with Crippen molar-refractivity contribution >= 4 is 17.2 Å². The van der Waals surface area contributed by atoms with Crippen molar-refractivity contribution in [3.8, 4) is 11.1 Å². The van der Waals surface area contributed by atoms with Gasteiger partial charge in [-0.3, -0.25) is 0 Å². The van der Waals surface area contributed by atoms with Crippen LogP contribution in [-0.2, 0) is 15.6 Å². The van der Waals surface area contributed by atoms with Crippen LogP contribution in [0.3, 0.4) is 0 Å². The number of rotatable bonds is 16. The molecule has 0 amide bonds. The van der Waals surface area contributed by atoms with Crippen LogP contribution in [0.25, 0.3) is 28.3 Å². The van der Waals surface area contributed by atoms with Crippen LogP contribution in [0.2, 0.25) is 0 Å². The van der Waals surface area contributed by atoms with Gasteiger partial charge < -0.3 is 14.5 Å². The molecule has 14 aliphatic rings. The molecule has 13 aliphatic carbocycles. The molecule has 17 unspecified atom stereocenters. The second-order valence-electron chi connectivity index (χ2n) is 34.7. The predicted octanol–water partition coefficient (Wildman–Crippen LogP) is 25.9. The summed E-state index contributed by atoms with van der Waals surface area (Å²) >= 11 is 0. The van der Waals surface area contributed by atoms with Crippen molar-refractivity contribution in [1.82, 2.24) is 9.80 Å². The molecule has 0 saturated carbocycles. The van der Waals surface area contributed by atoms with Crippen LogP contribution in [-0.4, -0.2) is 46.3 Å². The third-order valence-electron chi connectivity index (χ3n) is 28.6. The second-order valence-corrected chi connectivity index (χ2v) is 34.7. The minimum absolute atomic E-state index is 0.00918. The van der Waals surface area contributed by atoms with E-state index < -0.39 is 6.17 Å². The van der Waals surface area contributed by atoms with Gasteiger partial charge in [0.2, 0.25) is 0 Å². The first-order chi connectivity index (χ1) is 54.3. The van der Waals surface area contributed by atoms with Crippen molar-refractivity contribution in [2.45, 2.75) is 183 Å². The third-order valence-corrected chi connectivity index (χ3v) is 28.6. The molecule has 1 saturated heterocycles. The molecule has 5 aromatic rings. The lowest BCUT2D eigenvalue weighted by molar-refractivity contribution is 0.0493. The Morgan fingerprint density at radius 2 is 1.46 bits per heavy atom. The van der Waals surface area contributed by atoms with Crippen molar-refractivity contribution in [3.05, 3.63) is 387 Å². The van der Waals surface area contributed by atoms with Crippen molar-refractivity contribution in [3.63, 3.8) is 0 Å². The molecule has 3 nitrogen and oxygen atoms in total.